The van der Waals surface area contributed by atoms with Gasteiger partial charge in [-0.1, -0.05) is 13.8 Å². The van der Waals surface area contributed by atoms with Crippen molar-refractivity contribution in [1.29, 1.82) is 0 Å². The highest BCUT2D eigenvalue weighted by atomic mass is 19.4. The van der Waals surface area contributed by atoms with Crippen molar-refractivity contribution in [1.82, 2.24) is 5.32 Å². The van der Waals surface area contributed by atoms with E-state index in [0.717, 1.165) is 5.32 Å². The van der Waals surface area contributed by atoms with E-state index in [1.807, 2.05) is 0 Å². The van der Waals surface area contributed by atoms with Crippen LogP contribution in [0.5, 0.6) is 0 Å². The van der Waals surface area contributed by atoms with Crippen LogP contribution in [0.1, 0.15) is 26.7 Å². The van der Waals surface area contributed by atoms with E-state index >= 15 is 0 Å². The third-order valence-corrected chi connectivity index (χ3v) is 5.46. The minimum atomic E-state index is -8.24. The van der Waals surface area contributed by atoms with Gasteiger partial charge in [-0.05, 0) is 0 Å². The first kappa shape index (κ1) is 41.3. The molecule has 0 aromatic heterocycles. The zero-order valence-corrected chi connectivity index (χ0v) is 20.3. The molecule has 0 aliphatic rings. The van der Waals surface area contributed by atoms with Crippen molar-refractivity contribution in [3.8, 4) is 0 Å². The first-order chi connectivity index (χ1) is 18.4. The van der Waals surface area contributed by atoms with Crippen LogP contribution in [0.3, 0.4) is 0 Å². The Morgan fingerprint density at radius 1 is 0.395 bits per heavy atom. The molecule has 0 aromatic carbocycles. The second-order valence-corrected chi connectivity index (χ2v) is 9.13. The molecular weight excluding hydrogens is 686 g/mol. The van der Waals surface area contributed by atoms with E-state index in [0.29, 0.717) is 13.8 Å². The maximum Gasteiger partial charge on any atom is 0.384 e. The number of hydrogen-bond acceptors (Lipinski definition) is 1. The van der Waals surface area contributed by atoms with Crippen molar-refractivity contribution in [3.63, 3.8) is 0 Å². The molecule has 0 atom stereocenters. The summed E-state index contributed by atoms with van der Waals surface area (Å²) >= 11 is 0. The van der Waals surface area contributed by atoms with Gasteiger partial charge in [0.15, 0.2) is 0 Å². The monoisotopic (exact) mass is 701 g/mol. The molecule has 0 fully saturated rings. The number of halogens is 24. The van der Waals surface area contributed by atoms with Gasteiger partial charge in [0.1, 0.15) is 0 Å². The summed E-state index contributed by atoms with van der Waals surface area (Å²) in [6.07, 6.45) is -19.2. The van der Waals surface area contributed by atoms with Gasteiger partial charge in [0, 0.05) is 24.9 Å². The highest BCUT2D eigenvalue weighted by Gasteiger charge is 2.89. The molecule has 0 saturated carbocycles. The molecule has 0 amide bonds. The molecule has 43 heavy (non-hydrogen) atoms. The molecule has 0 radical (unpaired) electrons. The molecule has 0 spiro atoms. The fourth-order valence-electron chi connectivity index (χ4n) is 3.08. The van der Waals surface area contributed by atoms with E-state index in [1.165, 1.54) is 0 Å². The van der Waals surface area contributed by atoms with Crippen LogP contribution in [0, 0.1) is 0 Å². The molecule has 25 heteroatoms. The summed E-state index contributed by atoms with van der Waals surface area (Å²) in [5, 5.41) is 1.09. The Kier molecular flexibility index (Phi) is 11.1. The molecule has 0 bridgehead atoms. The maximum absolute atomic E-state index is 14.1. The molecular formula is C18H15F24N. The molecule has 0 saturated heterocycles. The molecule has 0 rings (SSSR count). The summed E-state index contributed by atoms with van der Waals surface area (Å²) in [6, 6.07) is -5.66. The number of rotatable bonds is 16. The Labute approximate surface area is 222 Å². The van der Waals surface area contributed by atoms with E-state index in [4.69, 9.17) is 0 Å². The third kappa shape index (κ3) is 6.37. The van der Waals surface area contributed by atoms with Gasteiger partial charge in [-0.3, -0.25) is 0 Å². The van der Waals surface area contributed by atoms with Gasteiger partial charge in [0.2, 0.25) is 0 Å². The number of nitrogens with one attached hydrogen (secondary N) is 1. The van der Waals surface area contributed by atoms with Crippen LogP contribution in [0.4, 0.5) is 105 Å². The fourth-order valence-corrected chi connectivity index (χ4v) is 3.08. The number of alkyl halides is 24. The summed E-state index contributed by atoms with van der Waals surface area (Å²) < 4.78 is 320. The molecule has 0 aliphatic heterocycles. The molecule has 0 aromatic rings. The minimum absolute atomic E-state index is 0.567. The maximum atomic E-state index is 14.1. The van der Waals surface area contributed by atoms with Gasteiger partial charge in [-0.2, -0.15) is 87.8 Å². The standard InChI is InChI=1S/C18H15F24N/c1-5(2)43-6(3-9(23,24)13(31,32)17(39,40)15(35,36)11(27,28)7(19)20)4-10(25,26)14(33,34)18(41,42)16(37,38)12(29,30)8(21)22/h5-8,43H,3-4H2,1-2H3. The van der Waals surface area contributed by atoms with E-state index in [-0.39, 0.29) is 0 Å². The van der Waals surface area contributed by atoms with Crippen LogP contribution in [0.25, 0.3) is 0 Å². The van der Waals surface area contributed by atoms with Crippen molar-refractivity contribution in [2.45, 2.75) is 111 Å². The molecule has 1 N–H and O–H groups in total. The zero-order chi connectivity index (χ0) is 35.4. The molecule has 260 valence electrons. The van der Waals surface area contributed by atoms with E-state index < -0.39 is 97.0 Å². The minimum Gasteiger partial charge on any atom is -0.311 e. The molecule has 1 nitrogen and oxygen atoms in total. The van der Waals surface area contributed by atoms with Crippen molar-refractivity contribution in [3.05, 3.63) is 0 Å². The predicted molar refractivity (Wildman–Crippen MR) is 92.8 cm³/mol. The average molecular weight is 701 g/mol. The SMILES string of the molecule is CC(C)NC(CC(F)(F)C(F)(F)C(F)(F)C(F)(F)C(F)(F)C(F)F)CC(F)(F)C(F)(F)C(F)(F)C(F)(F)C(F)(F)C(F)F. The Morgan fingerprint density at radius 3 is 0.814 bits per heavy atom. The quantitative estimate of drug-likeness (QED) is 0.159. The van der Waals surface area contributed by atoms with Gasteiger partial charge in [0.25, 0.3) is 0 Å². The highest BCUT2D eigenvalue weighted by Crippen LogP contribution is 2.61. The van der Waals surface area contributed by atoms with Gasteiger partial charge in [-0.15, -0.1) is 0 Å². The molecule has 0 heterocycles. The van der Waals surface area contributed by atoms with E-state index in [1.54, 1.807) is 0 Å². The Morgan fingerprint density at radius 2 is 0.628 bits per heavy atom. The topological polar surface area (TPSA) is 12.0 Å². The molecule has 0 unspecified atom stereocenters. The lowest BCUT2D eigenvalue weighted by molar-refractivity contribution is -0.416. The predicted octanol–water partition coefficient (Wildman–Crippen LogP) is 9.02. The van der Waals surface area contributed by atoms with E-state index in [9.17, 15) is 105 Å². The summed E-state index contributed by atoms with van der Waals surface area (Å²) in [7, 11) is 0. The van der Waals surface area contributed by atoms with E-state index in [2.05, 4.69) is 0 Å². The lowest BCUT2D eigenvalue weighted by Crippen LogP contribution is -2.70. The smallest absolute Gasteiger partial charge is 0.311 e. The summed E-state index contributed by atoms with van der Waals surface area (Å²) in [5.41, 5.74) is 0. The van der Waals surface area contributed by atoms with Gasteiger partial charge < -0.3 is 5.32 Å². The lowest BCUT2D eigenvalue weighted by atomic mass is 9.87. The van der Waals surface area contributed by atoms with Gasteiger partial charge in [-0.25, -0.2) is 17.6 Å². The zero-order valence-electron chi connectivity index (χ0n) is 20.3. The van der Waals surface area contributed by atoms with Crippen molar-refractivity contribution < 1.29 is 105 Å². The van der Waals surface area contributed by atoms with Crippen LogP contribution >= 0.6 is 0 Å². The largest absolute Gasteiger partial charge is 0.384 e. The van der Waals surface area contributed by atoms with Gasteiger partial charge >= 0.3 is 72.1 Å². The van der Waals surface area contributed by atoms with Crippen molar-refractivity contribution in [2.75, 3.05) is 0 Å². The Bertz CT molecular complexity index is 867. The van der Waals surface area contributed by atoms with Crippen LogP contribution in [-0.2, 0) is 0 Å². The van der Waals surface area contributed by atoms with Crippen LogP contribution < -0.4 is 5.32 Å². The summed E-state index contributed by atoms with van der Waals surface area (Å²) in [4.78, 5) is 0. The van der Waals surface area contributed by atoms with Gasteiger partial charge in [0.05, 0.1) is 0 Å². The average Bonchev–Trinajstić information content (AvgIpc) is 2.76. The summed E-state index contributed by atoms with van der Waals surface area (Å²) in [6.45, 7) is 1.13. The van der Waals surface area contributed by atoms with Crippen molar-refractivity contribution >= 4 is 0 Å². The normalized spacial score (nSPS) is 16.3. The van der Waals surface area contributed by atoms with Crippen LogP contribution in [0.2, 0.25) is 0 Å². The summed E-state index contributed by atoms with van der Waals surface area (Å²) in [5.74, 6) is -78.0. The number of hydrogen-bond donors (Lipinski definition) is 1. The molecule has 0 aliphatic carbocycles. The van der Waals surface area contributed by atoms with Crippen molar-refractivity contribution in [2.24, 2.45) is 0 Å². The second-order valence-electron chi connectivity index (χ2n) is 9.13. The third-order valence-electron chi connectivity index (χ3n) is 5.46. The first-order valence-corrected chi connectivity index (χ1v) is 10.5. The highest BCUT2D eigenvalue weighted by molar-refractivity contribution is 5.12. The van der Waals surface area contributed by atoms with Crippen LogP contribution in [0.15, 0.2) is 0 Å². The second kappa shape index (κ2) is 11.6. The first-order valence-electron chi connectivity index (χ1n) is 10.5. The fraction of sp³-hybridized carbons (Fsp3) is 1.00. The lowest BCUT2D eigenvalue weighted by Gasteiger charge is -2.42. The van der Waals surface area contributed by atoms with Crippen LogP contribution in [-0.4, -0.2) is 84.2 Å². The Hall–Kier alpha value is -1.72. The Balaban J connectivity index is 6.80.